The Morgan fingerprint density at radius 1 is 1.27 bits per heavy atom. The number of aryl methyl sites for hydroxylation is 2. The van der Waals surface area contributed by atoms with Gasteiger partial charge >= 0.3 is 0 Å². The smallest absolute Gasteiger partial charge is 0.273 e. The fraction of sp³-hybridized carbons (Fsp3) is 0.444. The molecule has 4 heteroatoms. The van der Waals surface area contributed by atoms with E-state index in [2.05, 4.69) is 37.3 Å². The van der Waals surface area contributed by atoms with E-state index in [-0.39, 0.29) is 5.91 Å². The molecule has 1 atom stereocenters. The molecule has 0 aliphatic rings. The van der Waals surface area contributed by atoms with Crippen LogP contribution in [0.4, 0.5) is 5.69 Å². The number of hydrogen-bond acceptors (Lipinski definition) is 2. The van der Waals surface area contributed by atoms with Crippen LogP contribution in [-0.2, 0) is 7.05 Å². The predicted molar refractivity (Wildman–Crippen MR) is 90.2 cm³/mol. The zero-order valence-corrected chi connectivity index (χ0v) is 14.1. The van der Waals surface area contributed by atoms with Crippen molar-refractivity contribution < 1.29 is 4.79 Å². The van der Waals surface area contributed by atoms with Crippen LogP contribution >= 0.6 is 0 Å². The summed E-state index contributed by atoms with van der Waals surface area (Å²) >= 11 is 0. The molecule has 1 aromatic heterocycles. The maximum Gasteiger partial charge on any atom is 0.273 e. The van der Waals surface area contributed by atoms with Crippen molar-refractivity contribution in [3.8, 4) is 0 Å². The highest BCUT2D eigenvalue weighted by Crippen LogP contribution is 2.29. The van der Waals surface area contributed by atoms with Gasteiger partial charge in [0, 0.05) is 12.7 Å². The highest BCUT2D eigenvalue weighted by Gasteiger charge is 2.16. The van der Waals surface area contributed by atoms with E-state index in [0.717, 1.165) is 17.8 Å². The molecule has 1 aromatic carbocycles. The molecule has 1 amide bonds. The molecule has 1 N–H and O–H groups in total. The second kappa shape index (κ2) is 6.77. The molecule has 22 heavy (non-hydrogen) atoms. The lowest BCUT2D eigenvalue weighted by molar-refractivity contribution is 0.101. The first-order valence-electron chi connectivity index (χ1n) is 7.79. The first-order valence-corrected chi connectivity index (χ1v) is 7.79. The zero-order valence-electron chi connectivity index (χ0n) is 14.1. The summed E-state index contributed by atoms with van der Waals surface area (Å²) < 4.78 is 1.62. The van der Waals surface area contributed by atoms with Gasteiger partial charge in [0.25, 0.3) is 5.91 Å². The minimum absolute atomic E-state index is 0.118. The molecule has 0 fully saturated rings. The van der Waals surface area contributed by atoms with Crippen molar-refractivity contribution in [2.75, 3.05) is 5.32 Å². The summed E-state index contributed by atoms with van der Waals surface area (Å²) in [6.07, 6.45) is 1.09. The summed E-state index contributed by atoms with van der Waals surface area (Å²) in [5, 5.41) is 7.26. The Morgan fingerprint density at radius 3 is 2.55 bits per heavy atom. The monoisotopic (exact) mass is 299 g/mol. The Hall–Kier alpha value is -2.10. The van der Waals surface area contributed by atoms with E-state index in [1.54, 1.807) is 17.8 Å². The van der Waals surface area contributed by atoms with E-state index in [1.807, 2.05) is 25.1 Å². The fourth-order valence-corrected chi connectivity index (χ4v) is 2.88. The number of carbonyl (C=O) groups is 1. The lowest BCUT2D eigenvalue weighted by Gasteiger charge is -2.18. The highest BCUT2D eigenvalue weighted by molar-refractivity contribution is 6.03. The average molecular weight is 299 g/mol. The molecule has 0 saturated carbocycles. The standard InChI is InChI=1S/C18H25N3O/c1-12(2)10-13(3)15-8-6-7-9-16(15)19-18(22)17-11-14(4)20-21(17)5/h6-9,11-13H,10H2,1-5H3,(H,19,22). The van der Waals surface area contributed by atoms with E-state index in [4.69, 9.17) is 0 Å². The summed E-state index contributed by atoms with van der Waals surface area (Å²) in [5.74, 6) is 0.913. The number of nitrogens with zero attached hydrogens (tertiary/aromatic N) is 2. The molecule has 0 aliphatic carbocycles. The van der Waals surface area contributed by atoms with Crippen LogP contribution in [0.5, 0.6) is 0 Å². The Labute approximate surface area is 132 Å². The predicted octanol–water partition coefficient (Wildman–Crippen LogP) is 4.13. The van der Waals surface area contributed by atoms with E-state index in [9.17, 15) is 4.79 Å². The molecule has 1 heterocycles. The van der Waals surface area contributed by atoms with Gasteiger partial charge in [0.2, 0.25) is 0 Å². The average Bonchev–Trinajstić information content (AvgIpc) is 2.77. The molecule has 0 aliphatic heterocycles. The van der Waals surface area contributed by atoms with Crippen LogP contribution in [0, 0.1) is 12.8 Å². The number of rotatable bonds is 5. The van der Waals surface area contributed by atoms with Gasteiger partial charge in [-0.3, -0.25) is 9.48 Å². The van der Waals surface area contributed by atoms with Gasteiger partial charge in [0.15, 0.2) is 0 Å². The summed E-state index contributed by atoms with van der Waals surface area (Å²) in [6.45, 7) is 8.53. The third-order valence-corrected chi connectivity index (χ3v) is 3.80. The van der Waals surface area contributed by atoms with Crippen LogP contribution < -0.4 is 5.32 Å². The maximum atomic E-state index is 12.5. The number of para-hydroxylation sites is 1. The minimum atomic E-state index is -0.118. The van der Waals surface area contributed by atoms with Crippen LogP contribution in [0.25, 0.3) is 0 Å². The molecule has 0 spiro atoms. The van der Waals surface area contributed by atoms with E-state index < -0.39 is 0 Å². The van der Waals surface area contributed by atoms with Crippen molar-refractivity contribution in [2.24, 2.45) is 13.0 Å². The first-order chi connectivity index (χ1) is 10.4. The fourth-order valence-electron chi connectivity index (χ4n) is 2.88. The number of nitrogens with one attached hydrogen (secondary N) is 1. The number of anilines is 1. The Kier molecular flexibility index (Phi) is 5.01. The Balaban J connectivity index is 2.23. The van der Waals surface area contributed by atoms with Gasteiger partial charge in [-0.1, -0.05) is 39.0 Å². The number of benzene rings is 1. The van der Waals surface area contributed by atoms with Gasteiger partial charge < -0.3 is 5.32 Å². The summed E-state index contributed by atoms with van der Waals surface area (Å²) in [4.78, 5) is 12.5. The normalized spacial score (nSPS) is 12.5. The lowest BCUT2D eigenvalue weighted by atomic mass is 9.91. The van der Waals surface area contributed by atoms with Gasteiger partial charge in [-0.05, 0) is 42.9 Å². The molecular weight excluding hydrogens is 274 g/mol. The maximum absolute atomic E-state index is 12.5. The highest BCUT2D eigenvalue weighted by atomic mass is 16.2. The van der Waals surface area contributed by atoms with Crippen LogP contribution in [0.1, 0.15) is 54.9 Å². The van der Waals surface area contributed by atoms with Crippen LogP contribution in [0.2, 0.25) is 0 Å². The molecular formula is C18H25N3O. The van der Waals surface area contributed by atoms with Gasteiger partial charge in [0.1, 0.15) is 5.69 Å². The molecule has 2 rings (SSSR count). The van der Waals surface area contributed by atoms with Crippen LogP contribution in [0.15, 0.2) is 30.3 Å². The molecule has 2 aromatic rings. The van der Waals surface area contributed by atoms with Crippen molar-refractivity contribution >= 4 is 11.6 Å². The van der Waals surface area contributed by atoms with Gasteiger partial charge in [-0.25, -0.2) is 0 Å². The van der Waals surface area contributed by atoms with Crippen LogP contribution in [-0.4, -0.2) is 15.7 Å². The molecule has 0 radical (unpaired) electrons. The summed E-state index contributed by atoms with van der Waals surface area (Å²) in [5.41, 5.74) is 3.49. The van der Waals surface area contributed by atoms with Crippen molar-refractivity contribution in [1.29, 1.82) is 0 Å². The second-order valence-corrected chi connectivity index (χ2v) is 6.37. The lowest BCUT2D eigenvalue weighted by Crippen LogP contribution is -2.17. The molecule has 0 bridgehead atoms. The van der Waals surface area contributed by atoms with E-state index in [0.29, 0.717) is 17.5 Å². The molecule has 118 valence electrons. The Morgan fingerprint density at radius 2 is 1.95 bits per heavy atom. The molecule has 0 saturated heterocycles. The number of aromatic nitrogens is 2. The van der Waals surface area contributed by atoms with Crippen molar-refractivity contribution in [1.82, 2.24) is 9.78 Å². The largest absolute Gasteiger partial charge is 0.320 e. The van der Waals surface area contributed by atoms with Crippen molar-refractivity contribution in [3.05, 3.63) is 47.3 Å². The number of amides is 1. The van der Waals surface area contributed by atoms with Gasteiger partial charge in [0.05, 0.1) is 5.69 Å². The number of carbonyl (C=O) groups excluding carboxylic acids is 1. The van der Waals surface area contributed by atoms with E-state index >= 15 is 0 Å². The quantitative estimate of drug-likeness (QED) is 0.902. The minimum Gasteiger partial charge on any atom is -0.320 e. The topological polar surface area (TPSA) is 46.9 Å². The zero-order chi connectivity index (χ0) is 16.3. The van der Waals surface area contributed by atoms with Crippen LogP contribution in [0.3, 0.4) is 0 Å². The van der Waals surface area contributed by atoms with Crippen molar-refractivity contribution in [3.63, 3.8) is 0 Å². The Bertz CT molecular complexity index is 658. The third-order valence-electron chi connectivity index (χ3n) is 3.80. The van der Waals surface area contributed by atoms with Gasteiger partial charge in [-0.2, -0.15) is 5.10 Å². The SMILES string of the molecule is Cc1cc(C(=O)Nc2ccccc2C(C)CC(C)C)n(C)n1. The first kappa shape index (κ1) is 16.3. The molecule has 4 nitrogen and oxygen atoms in total. The third kappa shape index (κ3) is 3.75. The second-order valence-electron chi connectivity index (χ2n) is 6.37. The summed E-state index contributed by atoms with van der Waals surface area (Å²) in [6, 6.07) is 9.84. The van der Waals surface area contributed by atoms with Crippen molar-refractivity contribution in [2.45, 2.75) is 40.0 Å². The van der Waals surface area contributed by atoms with Gasteiger partial charge in [-0.15, -0.1) is 0 Å². The number of hydrogen-bond donors (Lipinski definition) is 1. The van der Waals surface area contributed by atoms with E-state index in [1.165, 1.54) is 5.56 Å². The summed E-state index contributed by atoms with van der Waals surface area (Å²) in [7, 11) is 1.79. The molecule has 1 unspecified atom stereocenters.